The van der Waals surface area contributed by atoms with Crippen LogP contribution in [0.5, 0.6) is 0 Å². The minimum atomic E-state index is -0.846. The van der Waals surface area contributed by atoms with Crippen molar-refractivity contribution in [2.75, 3.05) is 0 Å². The van der Waals surface area contributed by atoms with Gasteiger partial charge in [0.05, 0.1) is 6.54 Å². The lowest BCUT2D eigenvalue weighted by molar-refractivity contribution is -0.125. The fourth-order valence-corrected chi connectivity index (χ4v) is 1.78. The van der Waals surface area contributed by atoms with Gasteiger partial charge in [-0.25, -0.2) is 14.5 Å². The molecule has 0 aliphatic carbocycles. The molecule has 0 aromatic carbocycles. The van der Waals surface area contributed by atoms with E-state index in [0.29, 0.717) is 12.4 Å². The van der Waals surface area contributed by atoms with E-state index in [-0.39, 0.29) is 18.5 Å². The SMILES string of the molecule is CCn1ncnc1CN1C(=O)NC(=O)C1(C)C. The Morgan fingerprint density at radius 1 is 1.41 bits per heavy atom. The van der Waals surface area contributed by atoms with E-state index in [1.807, 2.05) is 6.92 Å². The van der Waals surface area contributed by atoms with E-state index in [2.05, 4.69) is 15.4 Å². The van der Waals surface area contributed by atoms with Gasteiger partial charge in [-0.05, 0) is 20.8 Å². The lowest BCUT2D eigenvalue weighted by Gasteiger charge is -2.27. The molecule has 1 saturated heterocycles. The monoisotopic (exact) mass is 237 g/mol. The lowest BCUT2D eigenvalue weighted by atomic mass is 10.0. The molecular formula is C10H15N5O2. The highest BCUT2D eigenvalue weighted by Crippen LogP contribution is 2.22. The molecule has 0 unspecified atom stereocenters. The Bertz CT molecular complexity index is 465. The number of aromatic nitrogens is 3. The zero-order valence-electron chi connectivity index (χ0n) is 10.1. The Hall–Kier alpha value is -1.92. The van der Waals surface area contributed by atoms with Crippen molar-refractivity contribution in [3.63, 3.8) is 0 Å². The third-order valence-corrected chi connectivity index (χ3v) is 2.99. The van der Waals surface area contributed by atoms with Crippen molar-refractivity contribution in [3.05, 3.63) is 12.2 Å². The Kier molecular flexibility index (Phi) is 2.60. The lowest BCUT2D eigenvalue weighted by Crippen LogP contribution is -2.44. The van der Waals surface area contributed by atoms with Crippen LogP contribution in [0.1, 0.15) is 26.6 Å². The predicted molar refractivity (Wildman–Crippen MR) is 58.9 cm³/mol. The Balaban J connectivity index is 2.24. The van der Waals surface area contributed by atoms with Crippen LogP contribution in [0, 0.1) is 0 Å². The number of rotatable bonds is 3. The Morgan fingerprint density at radius 2 is 2.12 bits per heavy atom. The summed E-state index contributed by atoms with van der Waals surface area (Å²) in [6, 6.07) is -0.384. The summed E-state index contributed by atoms with van der Waals surface area (Å²) >= 11 is 0. The fourth-order valence-electron chi connectivity index (χ4n) is 1.78. The maximum Gasteiger partial charge on any atom is 0.325 e. The quantitative estimate of drug-likeness (QED) is 0.758. The molecule has 1 aliphatic rings. The van der Waals surface area contributed by atoms with Crippen molar-refractivity contribution in [1.82, 2.24) is 25.0 Å². The van der Waals surface area contributed by atoms with Crippen LogP contribution in [-0.4, -0.2) is 37.1 Å². The van der Waals surface area contributed by atoms with E-state index in [1.54, 1.807) is 18.5 Å². The largest absolute Gasteiger partial charge is 0.325 e. The van der Waals surface area contributed by atoms with Crippen molar-refractivity contribution in [3.8, 4) is 0 Å². The first-order chi connectivity index (χ1) is 7.96. The Labute approximate surface area is 98.8 Å². The van der Waals surface area contributed by atoms with E-state index in [0.717, 1.165) is 0 Å². The molecule has 0 atom stereocenters. The van der Waals surface area contributed by atoms with Crippen molar-refractivity contribution in [1.29, 1.82) is 0 Å². The molecule has 0 saturated carbocycles. The van der Waals surface area contributed by atoms with Crippen LogP contribution in [0.15, 0.2) is 6.33 Å². The summed E-state index contributed by atoms with van der Waals surface area (Å²) in [6.45, 7) is 6.32. The van der Waals surface area contributed by atoms with Gasteiger partial charge in [0, 0.05) is 6.54 Å². The molecule has 7 nitrogen and oxygen atoms in total. The molecule has 0 bridgehead atoms. The van der Waals surface area contributed by atoms with Gasteiger partial charge >= 0.3 is 6.03 Å². The number of nitrogens with one attached hydrogen (secondary N) is 1. The first-order valence-corrected chi connectivity index (χ1v) is 5.46. The number of hydrogen-bond donors (Lipinski definition) is 1. The van der Waals surface area contributed by atoms with Gasteiger partial charge in [-0.1, -0.05) is 0 Å². The highest BCUT2D eigenvalue weighted by atomic mass is 16.2. The number of carbonyl (C=O) groups excluding carboxylic acids is 2. The molecule has 1 fully saturated rings. The molecule has 2 rings (SSSR count). The molecule has 17 heavy (non-hydrogen) atoms. The van der Waals surface area contributed by atoms with Crippen LogP contribution in [0.2, 0.25) is 0 Å². The molecule has 1 N–H and O–H groups in total. The number of nitrogens with zero attached hydrogens (tertiary/aromatic N) is 4. The van der Waals surface area contributed by atoms with Crippen LogP contribution in [0.25, 0.3) is 0 Å². The van der Waals surface area contributed by atoms with Crippen LogP contribution in [0.3, 0.4) is 0 Å². The summed E-state index contributed by atoms with van der Waals surface area (Å²) in [4.78, 5) is 28.8. The van der Waals surface area contributed by atoms with Gasteiger partial charge in [0.25, 0.3) is 5.91 Å². The third kappa shape index (κ3) is 1.77. The number of carbonyl (C=O) groups is 2. The van der Waals surface area contributed by atoms with Gasteiger partial charge in [-0.3, -0.25) is 10.1 Å². The van der Waals surface area contributed by atoms with E-state index in [9.17, 15) is 9.59 Å². The van der Waals surface area contributed by atoms with E-state index in [1.165, 1.54) is 11.2 Å². The van der Waals surface area contributed by atoms with Gasteiger partial charge in [0.15, 0.2) is 0 Å². The summed E-state index contributed by atoms with van der Waals surface area (Å²) < 4.78 is 1.70. The van der Waals surface area contributed by atoms with Gasteiger partial charge in [0.1, 0.15) is 17.7 Å². The molecule has 0 radical (unpaired) electrons. The standard InChI is InChI=1S/C10H15N5O2/c1-4-15-7(11-6-12-15)5-14-9(17)13-8(16)10(14,2)3/h6H,4-5H2,1-3H3,(H,13,16,17). The Morgan fingerprint density at radius 3 is 2.65 bits per heavy atom. The molecule has 1 aromatic rings. The number of imide groups is 1. The van der Waals surface area contributed by atoms with E-state index >= 15 is 0 Å². The minimum absolute atomic E-state index is 0.276. The van der Waals surface area contributed by atoms with Crippen LogP contribution in [0.4, 0.5) is 4.79 Å². The molecule has 2 heterocycles. The second-order valence-electron chi connectivity index (χ2n) is 4.40. The fraction of sp³-hybridized carbons (Fsp3) is 0.600. The second kappa shape index (κ2) is 3.83. The average molecular weight is 237 g/mol. The number of urea groups is 1. The van der Waals surface area contributed by atoms with E-state index in [4.69, 9.17) is 0 Å². The molecule has 7 heteroatoms. The maximum absolute atomic E-state index is 11.7. The summed E-state index contributed by atoms with van der Waals surface area (Å²) in [6.07, 6.45) is 1.45. The van der Waals surface area contributed by atoms with Crippen molar-refractivity contribution >= 4 is 11.9 Å². The highest BCUT2D eigenvalue weighted by molar-refractivity contribution is 6.06. The molecule has 0 spiro atoms. The highest BCUT2D eigenvalue weighted by Gasteiger charge is 2.45. The number of amides is 3. The predicted octanol–water partition coefficient (Wildman–Crippen LogP) is 0.128. The van der Waals surface area contributed by atoms with Crippen molar-refractivity contribution in [2.24, 2.45) is 0 Å². The maximum atomic E-state index is 11.7. The first kappa shape index (κ1) is 11.6. The zero-order valence-corrected chi connectivity index (χ0v) is 10.1. The zero-order chi connectivity index (χ0) is 12.6. The molecular weight excluding hydrogens is 222 g/mol. The molecule has 3 amide bonds. The number of aryl methyl sites for hydroxylation is 1. The smallest absolute Gasteiger partial charge is 0.303 e. The second-order valence-corrected chi connectivity index (χ2v) is 4.40. The van der Waals surface area contributed by atoms with E-state index < -0.39 is 5.54 Å². The van der Waals surface area contributed by atoms with Crippen molar-refractivity contribution < 1.29 is 9.59 Å². The van der Waals surface area contributed by atoms with Gasteiger partial charge in [-0.15, -0.1) is 0 Å². The van der Waals surface area contributed by atoms with Gasteiger partial charge in [0.2, 0.25) is 0 Å². The summed E-state index contributed by atoms with van der Waals surface area (Å²) in [5.74, 6) is 0.385. The third-order valence-electron chi connectivity index (χ3n) is 2.99. The summed E-state index contributed by atoms with van der Waals surface area (Å²) in [5.41, 5.74) is -0.846. The molecule has 1 aromatic heterocycles. The van der Waals surface area contributed by atoms with Crippen LogP contribution < -0.4 is 5.32 Å². The summed E-state index contributed by atoms with van der Waals surface area (Å²) in [5, 5.41) is 6.33. The normalized spacial score (nSPS) is 18.6. The van der Waals surface area contributed by atoms with Crippen LogP contribution in [-0.2, 0) is 17.9 Å². The topological polar surface area (TPSA) is 80.1 Å². The number of hydrogen-bond acceptors (Lipinski definition) is 4. The molecule has 1 aliphatic heterocycles. The minimum Gasteiger partial charge on any atom is -0.303 e. The molecule has 92 valence electrons. The summed E-state index contributed by atoms with van der Waals surface area (Å²) in [7, 11) is 0. The van der Waals surface area contributed by atoms with Crippen LogP contribution >= 0.6 is 0 Å². The van der Waals surface area contributed by atoms with Gasteiger partial charge < -0.3 is 4.90 Å². The first-order valence-electron chi connectivity index (χ1n) is 5.46. The van der Waals surface area contributed by atoms with Crippen molar-refractivity contribution in [2.45, 2.75) is 39.4 Å². The average Bonchev–Trinajstić information content (AvgIpc) is 2.78. The van der Waals surface area contributed by atoms with Gasteiger partial charge in [-0.2, -0.15) is 5.10 Å².